The van der Waals surface area contributed by atoms with Crippen molar-refractivity contribution in [3.63, 3.8) is 0 Å². The van der Waals surface area contributed by atoms with Gasteiger partial charge in [0.15, 0.2) is 17.3 Å². The summed E-state index contributed by atoms with van der Waals surface area (Å²) in [5, 5.41) is 22.5. The molecule has 126 valence electrons. The molecule has 0 spiro atoms. The molecule has 0 radical (unpaired) electrons. The van der Waals surface area contributed by atoms with Crippen molar-refractivity contribution in [3.05, 3.63) is 58.7 Å². The average molecular weight is 336 g/mol. The molecule has 0 fully saturated rings. The lowest BCUT2D eigenvalue weighted by molar-refractivity contribution is -0.138. The van der Waals surface area contributed by atoms with Crippen molar-refractivity contribution in [1.82, 2.24) is 0 Å². The van der Waals surface area contributed by atoms with Crippen LogP contribution in [0.5, 0.6) is 0 Å². The largest absolute Gasteiger partial charge is 0.388 e. The van der Waals surface area contributed by atoms with E-state index in [1.54, 1.807) is 12.1 Å². The topological polar surface area (TPSA) is 91.7 Å². The summed E-state index contributed by atoms with van der Waals surface area (Å²) in [6.45, 7) is 1.22. The molecule has 0 saturated carbocycles. The van der Waals surface area contributed by atoms with E-state index in [1.807, 2.05) is 24.3 Å². The standard InChI is InChI=1S/C20H16O5/c1-10(21)20(25)8-15-17(16(22)9-20)19(24)14-7-12-5-3-2-4-11(12)6-13(14)18(15)23/h2-7,16,22,25H,8-9H2,1H3/t16-,20?/m1/s1. The Labute approximate surface area is 143 Å². The van der Waals surface area contributed by atoms with Crippen molar-refractivity contribution in [1.29, 1.82) is 0 Å². The van der Waals surface area contributed by atoms with Gasteiger partial charge in [-0.2, -0.15) is 0 Å². The number of hydrogen-bond acceptors (Lipinski definition) is 5. The van der Waals surface area contributed by atoms with E-state index in [1.165, 1.54) is 6.92 Å². The van der Waals surface area contributed by atoms with Crippen LogP contribution >= 0.6 is 0 Å². The zero-order valence-electron chi connectivity index (χ0n) is 13.6. The lowest BCUT2D eigenvalue weighted by atomic mass is 9.69. The minimum absolute atomic E-state index is 0.0127. The molecule has 5 heteroatoms. The van der Waals surface area contributed by atoms with E-state index < -0.39 is 29.1 Å². The minimum Gasteiger partial charge on any atom is -0.388 e. The van der Waals surface area contributed by atoms with Crippen LogP contribution in [0, 0.1) is 0 Å². The minimum atomic E-state index is -1.82. The summed E-state index contributed by atoms with van der Waals surface area (Å²) in [7, 11) is 0. The maximum absolute atomic E-state index is 13.0. The third kappa shape index (κ3) is 2.20. The smallest absolute Gasteiger partial charge is 0.192 e. The Morgan fingerprint density at radius 1 is 1.08 bits per heavy atom. The molecule has 0 saturated heterocycles. The van der Waals surface area contributed by atoms with Crippen molar-refractivity contribution >= 4 is 28.1 Å². The molecule has 4 rings (SSSR count). The Balaban J connectivity index is 1.93. The van der Waals surface area contributed by atoms with Crippen molar-refractivity contribution in [3.8, 4) is 0 Å². The van der Waals surface area contributed by atoms with Crippen molar-refractivity contribution in [2.24, 2.45) is 0 Å². The normalized spacial score (nSPS) is 25.8. The highest BCUT2D eigenvalue weighted by Crippen LogP contribution is 2.41. The van der Waals surface area contributed by atoms with Crippen molar-refractivity contribution in [2.75, 3.05) is 0 Å². The fourth-order valence-electron chi connectivity index (χ4n) is 3.77. The predicted octanol–water partition coefficient (Wildman–Crippen LogP) is 1.99. The molecule has 2 aliphatic carbocycles. The number of ketones is 3. The molecule has 0 aromatic heterocycles. The van der Waals surface area contributed by atoms with E-state index in [9.17, 15) is 24.6 Å². The number of aliphatic hydroxyl groups excluding tert-OH is 1. The Bertz CT molecular complexity index is 1000. The Morgan fingerprint density at radius 2 is 1.64 bits per heavy atom. The first-order valence-corrected chi connectivity index (χ1v) is 8.08. The van der Waals surface area contributed by atoms with Gasteiger partial charge in [-0.3, -0.25) is 14.4 Å². The molecule has 0 heterocycles. The maximum Gasteiger partial charge on any atom is 0.192 e. The summed E-state index contributed by atoms with van der Waals surface area (Å²) in [5.41, 5.74) is -1.25. The average Bonchev–Trinajstić information content (AvgIpc) is 2.57. The molecule has 0 bridgehead atoms. The molecule has 0 aliphatic heterocycles. The number of carbonyl (C=O) groups is 3. The van der Waals surface area contributed by atoms with Crippen molar-refractivity contribution in [2.45, 2.75) is 31.5 Å². The van der Waals surface area contributed by atoms with Crippen LogP contribution in [0.4, 0.5) is 0 Å². The highest BCUT2D eigenvalue weighted by Gasteiger charge is 2.48. The molecule has 2 aromatic rings. The Hall–Kier alpha value is -2.63. The molecule has 0 amide bonds. The monoisotopic (exact) mass is 336 g/mol. The van der Waals surface area contributed by atoms with E-state index >= 15 is 0 Å². The summed E-state index contributed by atoms with van der Waals surface area (Å²) >= 11 is 0. The third-order valence-electron chi connectivity index (χ3n) is 5.21. The van der Waals surface area contributed by atoms with Crippen LogP contribution in [0.2, 0.25) is 0 Å². The first kappa shape index (κ1) is 15.9. The molecule has 1 unspecified atom stereocenters. The van der Waals surface area contributed by atoms with E-state index in [2.05, 4.69) is 0 Å². The highest BCUT2D eigenvalue weighted by molar-refractivity contribution is 6.29. The van der Waals surface area contributed by atoms with Gasteiger partial charge in [-0.25, -0.2) is 0 Å². The molecule has 5 nitrogen and oxygen atoms in total. The van der Waals surface area contributed by atoms with Gasteiger partial charge in [-0.15, -0.1) is 0 Å². The Kier molecular flexibility index (Phi) is 3.29. The van der Waals surface area contributed by atoms with E-state index in [-0.39, 0.29) is 35.1 Å². The lowest BCUT2D eigenvalue weighted by Gasteiger charge is -2.37. The van der Waals surface area contributed by atoms with Gasteiger partial charge in [0.05, 0.1) is 6.10 Å². The van der Waals surface area contributed by atoms with Crippen LogP contribution in [0.1, 0.15) is 40.5 Å². The first-order chi connectivity index (χ1) is 11.8. The number of aliphatic hydroxyl groups is 2. The van der Waals surface area contributed by atoms with Gasteiger partial charge in [-0.05, 0) is 29.8 Å². The van der Waals surface area contributed by atoms with Gasteiger partial charge in [0, 0.05) is 35.1 Å². The summed E-state index contributed by atoms with van der Waals surface area (Å²) < 4.78 is 0. The summed E-state index contributed by atoms with van der Waals surface area (Å²) in [6, 6.07) is 10.7. The second kappa shape index (κ2) is 5.18. The summed E-state index contributed by atoms with van der Waals surface area (Å²) in [6.07, 6.45) is -1.86. The second-order valence-electron chi connectivity index (χ2n) is 6.78. The van der Waals surface area contributed by atoms with Crippen LogP contribution in [-0.2, 0) is 4.79 Å². The van der Waals surface area contributed by atoms with Crippen LogP contribution in [0.15, 0.2) is 47.5 Å². The highest BCUT2D eigenvalue weighted by atomic mass is 16.3. The molecule has 2 atom stereocenters. The Morgan fingerprint density at radius 3 is 2.20 bits per heavy atom. The van der Waals surface area contributed by atoms with Crippen molar-refractivity contribution < 1.29 is 24.6 Å². The number of hydrogen-bond donors (Lipinski definition) is 2. The van der Waals surface area contributed by atoms with Crippen LogP contribution < -0.4 is 0 Å². The van der Waals surface area contributed by atoms with Gasteiger partial charge in [0.2, 0.25) is 0 Å². The van der Waals surface area contributed by atoms with E-state index in [0.717, 1.165) is 10.8 Å². The number of carbonyl (C=O) groups excluding carboxylic acids is 3. The van der Waals surface area contributed by atoms with Gasteiger partial charge in [0.25, 0.3) is 0 Å². The fraction of sp³-hybridized carbons (Fsp3) is 0.250. The molecule has 2 N–H and O–H groups in total. The van der Waals surface area contributed by atoms with Crippen LogP contribution in [0.3, 0.4) is 0 Å². The van der Waals surface area contributed by atoms with Gasteiger partial charge in [0.1, 0.15) is 5.60 Å². The number of Topliss-reactive ketones (excluding diaryl/α,β-unsaturated/α-hetero) is 3. The zero-order chi connectivity index (χ0) is 17.9. The predicted molar refractivity (Wildman–Crippen MR) is 90.5 cm³/mol. The molecule has 2 aromatic carbocycles. The van der Waals surface area contributed by atoms with Crippen LogP contribution in [0.25, 0.3) is 10.8 Å². The van der Waals surface area contributed by atoms with E-state index in [4.69, 9.17) is 0 Å². The van der Waals surface area contributed by atoms with Crippen LogP contribution in [-0.4, -0.2) is 39.3 Å². The quantitative estimate of drug-likeness (QED) is 0.831. The number of rotatable bonds is 1. The van der Waals surface area contributed by atoms with E-state index in [0.29, 0.717) is 0 Å². The third-order valence-corrected chi connectivity index (χ3v) is 5.21. The molecule has 25 heavy (non-hydrogen) atoms. The number of benzene rings is 2. The molecule has 2 aliphatic rings. The van der Waals surface area contributed by atoms with Gasteiger partial charge >= 0.3 is 0 Å². The zero-order valence-corrected chi connectivity index (χ0v) is 13.6. The summed E-state index contributed by atoms with van der Waals surface area (Å²) in [5.74, 6) is -1.34. The summed E-state index contributed by atoms with van der Waals surface area (Å²) in [4.78, 5) is 37.6. The SMILES string of the molecule is CC(=O)C1(O)CC2=C(C(=O)c3cc4ccccc4cc3C2=O)[C@H](O)C1. The lowest BCUT2D eigenvalue weighted by Crippen LogP contribution is -2.48. The second-order valence-corrected chi connectivity index (χ2v) is 6.78. The first-order valence-electron chi connectivity index (χ1n) is 8.08. The number of fused-ring (bicyclic) bond motifs is 2. The molecular weight excluding hydrogens is 320 g/mol. The van der Waals surface area contributed by atoms with Gasteiger partial charge in [-0.1, -0.05) is 24.3 Å². The van der Waals surface area contributed by atoms with Gasteiger partial charge < -0.3 is 10.2 Å². The maximum atomic E-state index is 13.0. The molecular formula is C20H16O5. The fourth-order valence-corrected chi connectivity index (χ4v) is 3.77.